The Morgan fingerprint density at radius 2 is 1.72 bits per heavy atom. The molecule has 7 nitrogen and oxygen atoms in total. The maximum Gasteiger partial charge on any atom is 0.321 e. The van der Waals surface area contributed by atoms with Crippen LogP contribution in [0.5, 0.6) is 0 Å². The zero-order valence-corrected chi connectivity index (χ0v) is 17.6. The second kappa shape index (κ2) is 8.26. The van der Waals surface area contributed by atoms with Gasteiger partial charge in [0, 0.05) is 12.4 Å². The molecule has 2 atom stereocenters. The number of amides is 1. The molecule has 0 unspecified atom stereocenters. The Hall–Kier alpha value is -4.00. The number of para-hydroxylation sites is 2. The standard InChI is InChI=1S/C25H22N4O3/c1-2-32-24(31)21-22(18-12-14-26-15-13-18)29-20-11-7-6-10-19(20)27-25(29)28(23(21)30)16-17-8-4-3-5-9-17/h3-15,21-22H,2,16H2,1H3/t21-,22-/m0/s1. The van der Waals surface area contributed by atoms with Crippen LogP contribution in [0.1, 0.15) is 24.1 Å². The second-order valence-corrected chi connectivity index (χ2v) is 7.64. The summed E-state index contributed by atoms with van der Waals surface area (Å²) in [5.41, 5.74) is 3.36. The molecule has 1 amide bonds. The molecule has 7 heteroatoms. The lowest BCUT2D eigenvalue weighted by molar-refractivity contribution is -0.153. The Morgan fingerprint density at radius 3 is 2.47 bits per heavy atom. The lowest BCUT2D eigenvalue weighted by atomic mass is 9.89. The molecule has 0 saturated carbocycles. The average molecular weight is 426 g/mol. The van der Waals surface area contributed by atoms with Gasteiger partial charge in [0.2, 0.25) is 11.9 Å². The lowest BCUT2D eigenvalue weighted by Crippen LogP contribution is -2.49. The van der Waals surface area contributed by atoms with Gasteiger partial charge < -0.3 is 9.30 Å². The van der Waals surface area contributed by atoms with Crippen molar-refractivity contribution in [1.82, 2.24) is 14.5 Å². The minimum absolute atomic E-state index is 0.196. The molecular formula is C25H22N4O3. The molecule has 0 spiro atoms. The molecule has 0 aliphatic carbocycles. The number of aromatic nitrogens is 3. The van der Waals surface area contributed by atoms with Crippen LogP contribution in [0.3, 0.4) is 0 Å². The van der Waals surface area contributed by atoms with Crippen LogP contribution in [-0.4, -0.2) is 33.0 Å². The number of esters is 1. The monoisotopic (exact) mass is 426 g/mol. The molecule has 5 rings (SSSR count). The van der Waals surface area contributed by atoms with E-state index in [-0.39, 0.29) is 12.5 Å². The van der Waals surface area contributed by atoms with Crippen molar-refractivity contribution < 1.29 is 14.3 Å². The van der Waals surface area contributed by atoms with Crippen molar-refractivity contribution in [3.8, 4) is 0 Å². The van der Waals surface area contributed by atoms with Crippen molar-refractivity contribution in [2.24, 2.45) is 5.92 Å². The fourth-order valence-electron chi connectivity index (χ4n) is 4.33. The smallest absolute Gasteiger partial charge is 0.321 e. The molecule has 0 saturated heterocycles. The maximum absolute atomic E-state index is 13.8. The maximum atomic E-state index is 13.8. The first kappa shape index (κ1) is 19.9. The molecule has 32 heavy (non-hydrogen) atoms. The van der Waals surface area contributed by atoms with Crippen molar-refractivity contribution in [3.05, 3.63) is 90.3 Å². The summed E-state index contributed by atoms with van der Waals surface area (Å²) in [6, 6.07) is 20.5. The number of fused-ring (bicyclic) bond motifs is 3. The zero-order valence-electron chi connectivity index (χ0n) is 17.6. The number of carbonyl (C=O) groups excluding carboxylic acids is 2. The number of rotatable bonds is 5. The van der Waals surface area contributed by atoms with Gasteiger partial charge in [0.15, 0.2) is 5.92 Å². The van der Waals surface area contributed by atoms with Crippen LogP contribution < -0.4 is 4.90 Å². The second-order valence-electron chi connectivity index (χ2n) is 7.64. The largest absolute Gasteiger partial charge is 0.465 e. The minimum Gasteiger partial charge on any atom is -0.465 e. The summed E-state index contributed by atoms with van der Waals surface area (Å²) >= 11 is 0. The average Bonchev–Trinajstić information content (AvgIpc) is 3.21. The van der Waals surface area contributed by atoms with Crippen LogP contribution in [0.4, 0.5) is 5.95 Å². The van der Waals surface area contributed by atoms with Gasteiger partial charge in [0.1, 0.15) is 0 Å². The first-order valence-corrected chi connectivity index (χ1v) is 10.6. The van der Waals surface area contributed by atoms with E-state index in [1.54, 1.807) is 24.2 Å². The number of benzene rings is 2. The fraction of sp³-hybridized carbons (Fsp3) is 0.200. The summed E-state index contributed by atoms with van der Waals surface area (Å²) in [6.07, 6.45) is 3.33. The van der Waals surface area contributed by atoms with Crippen LogP contribution in [0.2, 0.25) is 0 Å². The third kappa shape index (κ3) is 3.32. The Morgan fingerprint density at radius 1 is 1.00 bits per heavy atom. The van der Waals surface area contributed by atoms with Crippen molar-refractivity contribution in [1.29, 1.82) is 0 Å². The molecule has 1 aliphatic heterocycles. The van der Waals surface area contributed by atoms with E-state index in [9.17, 15) is 9.59 Å². The van der Waals surface area contributed by atoms with Crippen LogP contribution >= 0.6 is 0 Å². The number of anilines is 1. The van der Waals surface area contributed by atoms with E-state index >= 15 is 0 Å². The summed E-state index contributed by atoms with van der Waals surface area (Å²) in [5, 5.41) is 0. The quantitative estimate of drug-likeness (QED) is 0.359. The summed E-state index contributed by atoms with van der Waals surface area (Å²) < 4.78 is 7.35. The third-order valence-corrected chi connectivity index (χ3v) is 5.72. The molecule has 4 aromatic rings. The van der Waals surface area contributed by atoms with E-state index in [1.165, 1.54) is 0 Å². The highest BCUT2D eigenvalue weighted by Gasteiger charge is 2.47. The molecule has 0 N–H and O–H groups in total. The molecule has 2 aromatic heterocycles. The summed E-state index contributed by atoms with van der Waals surface area (Å²) in [4.78, 5) is 37.5. The van der Waals surface area contributed by atoms with Gasteiger partial charge >= 0.3 is 5.97 Å². The highest BCUT2D eigenvalue weighted by Crippen LogP contribution is 2.41. The molecule has 0 bridgehead atoms. The molecule has 3 heterocycles. The highest BCUT2D eigenvalue weighted by molar-refractivity contribution is 6.08. The number of carbonyl (C=O) groups is 2. The Kier molecular flexibility index (Phi) is 5.15. The first-order chi connectivity index (χ1) is 15.7. The highest BCUT2D eigenvalue weighted by atomic mass is 16.5. The van der Waals surface area contributed by atoms with Gasteiger partial charge in [-0.15, -0.1) is 0 Å². The van der Waals surface area contributed by atoms with Crippen LogP contribution in [0.25, 0.3) is 11.0 Å². The number of hydrogen-bond donors (Lipinski definition) is 0. The summed E-state index contributed by atoms with van der Waals surface area (Å²) in [5.74, 6) is -1.38. The van der Waals surface area contributed by atoms with Gasteiger partial charge in [-0.25, -0.2) is 4.98 Å². The van der Waals surface area contributed by atoms with Crippen LogP contribution in [0, 0.1) is 5.92 Å². The fourth-order valence-corrected chi connectivity index (χ4v) is 4.33. The van der Waals surface area contributed by atoms with E-state index in [0.717, 1.165) is 22.2 Å². The van der Waals surface area contributed by atoms with Crippen LogP contribution in [0.15, 0.2) is 79.1 Å². The van der Waals surface area contributed by atoms with E-state index in [0.29, 0.717) is 12.5 Å². The topological polar surface area (TPSA) is 77.3 Å². The number of hydrogen-bond acceptors (Lipinski definition) is 5. The number of pyridine rings is 1. The lowest BCUT2D eigenvalue weighted by Gasteiger charge is -2.37. The Bertz CT molecular complexity index is 1270. The van der Waals surface area contributed by atoms with Crippen molar-refractivity contribution in [2.45, 2.75) is 19.5 Å². The predicted molar refractivity (Wildman–Crippen MR) is 120 cm³/mol. The normalized spacial score (nSPS) is 17.9. The molecular weight excluding hydrogens is 404 g/mol. The van der Waals surface area contributed by atoms with E-state index in [2.05, 4.69) is 4.98 Å². The van der Waals surface area contributed by atoms with Gasteiger partial charge in [-0.05, 0) is 42.3 Å². The van der Waals surface area contributed by atoms with Gasteiger partial charge in [-0.3, -0.25) is 19.5 Å². The molecule has 0 radical (unpaired) electrons. The van der Waals surface area contributed by atoms with Crippen LogP contribution in [-0.2, 0) is 20.9 Å². The molecule has 160 valence electrons. The van der Waals surface area contributed by atoms with Gasteiger partial charge in [-0.1, -0.05) is 42.5 Å². The SMILES string of the molecule is CCOC(=O)[C@@H]1C(=O)N(Cc2ccccc2)c2nc3ccccc3n2[C@H]1c1ccncc1. The van der Waals surface area contributed by atoms with Crippen molar-refractivity contribution in [2.75, 3.05) is 11.5 Å². The number of ether oxygens (including phenoxy) is 1. The molecule has 0 fully saturated rings. The van der Waals surface area contributed by atoms with E-state index in [4.69, 9.17) is 9.72 Å². The van der Waals surface area contributed by atoms with E-state index < -0.39 is 17.9 Å². The Labute approximate surface area is 185 Å². The summed E-state index contributed by atoms with van der Waals surface area (Å²) in [6.45, 7) is 2.25. The summed E-state index contributed by atoms with van der Waals surface area (Å²) in [7, 11) is 0. The van der Waals surface area contributed by atoms with Gasteiger partial charge in [0.25, 0.3) is 0 Å². The molecule has 2 aromatic carbocycles. The number of nitrogens with zero attached hydrogens (tertiary/aromatic N) is 4. The number of imidazole rings is 1. The Balaban J connectivity index is 1.75. The zero-order chi connectivity index (χ0) is 22.1. The van der Waals surface area contributed by atoms with Gasteiger partial charge in [0.05, 0.1) is 30.2 Å². The predicted octanol–water partition coefficient (Wildman–Crippen LogP) is 3.75. The first-order valence-electron chi connectivity index (χ1n) is 10.6. The van der Waals surface area contributed by atoms with Crippen molar-refractivity contribution in [3.63, 3.8) is 0 Å². The molecule has 1 aliphatic rings. The van der Waals surface area contributed by atoms with E-state index in [1.807, 2.05) is 71.3 Å². The third-order valence-electron chi connectivity index (χ3n) is 5.72. The minimum atomic E-state index is -1.04. The van der Waals surface area contributed by atoms with Crippen molar-refractivity contribution >= 4 is 28.9 Å². The van der Waals surface area contributed by atoms with Gasteiger partial charge in [-0.2, -0.15) is 0 Å².